The fourth-order valence-corrected chi connectivity index (χ4v) is 3.04. The van der Waals surface area contributed by atoms with Crippen molar-refractivity contribution in [2.75, 3.05) is 6.54 Å². The van der Waals surface area contributed by atoms with Gasteiger partial charge >= 0.3 is 8.80 Å². The minimum absolute atomic E-state index is 0.505. The molecule has 7 nitrogen and oxygen atoms in total. The molecule has 0 saturated heterocycles. The van der Waals surface area contributed by atoms with Gasteiger partial charge in [0.2, 0.25) is 0 Å². The van der Waals surface area contributed by atoms with E-state index in [9.17, 15) is 0 Å². The molecule has 23 heavy (non-hydrogen) atoms. The van der Waals surface area contributed by atoms with Crippen molar-refractivity contribution < 1.29 is 13.6 Å². The van der Waals surface area contributed by atoms with Crippen molar-refractivity contribution in [2.24, 2.45) is 21.2 Å². The maximum atomic E-state index is 5.69. The van der Waals surface area contributed by atoms with Crippen molar-refractivity contribution >= 4 is 25.9 Å². The lowest BCUT2D eigenvalue weighted by Gasteiger charge is -2.22. The third-order valence-electron chi connectivity index (χ3n) is 3.24. The van der Waals surface area contributed by atoms with Crippen molar-refractivity contribution in [3.8, 4) is 0 Å². The van der Waals surface area contributed by atoms with Gasteiger partial charge in [-0.05, 0) is 53.0 Å². The molecule has 0 saturated carbocycles. The zero-order chi connectivity index (χ0) is 17.7. The van der Waals surface area contributed by atoms with Gasteiger partial charge in [-0.2, -0.15) is 0 Å². The summed E-state index contributed by atoms with van der Waals surface area (Å²) in [6, 6.07) is 0.505. The van der Waals surface area contributed by atoms with E-state index >= 15 is 0 Å². The molecule has 0 aromatic heterocycles. The Morgan fingerprint density at radius 3 is 1.39 bits per heavy atom. The standard InChI is InChI=1S/C15H32N4O3Si/c1-7-13(4)17-20-23(12-10-11-16,21-18-14(5)8-2)22-19-15(6)9-3/h7-12,16H2,1-6H3. The van der Waals surface area contributed by atoms with Crippen LogP contribution < -0.4 is 5.73 Å². The highest BCUT2D eigenvalue weighted by Crippen LogP contribution is 2.20. The van der Waals surface area contributed by atoms with E-state index in [0.717, 1.165) is 36.4 Å². The number of nitrogens with zero attached hydrogens (tertiary/aromatic N) is 3. The summed E-state index contributed by atoms with van der Waals surface area (Å²) in [5.74, 6) is 0. The Morgan fingerprint density at radius 1 is 0.783 bits per heavy atom. The number of rotatable bonds is 12. The van der Waals surface area contributed by atoms with Gasteiger partial charge in [0.25, 0.3) is 0 Å². The summed E-state index contributed by atoms with van der Waals surface area (Å²) in [6.07, 6.45) is 3.05. The molecular weight excluding hydrogens is 312 g/mol. The summed E-state index contributed by atoms with van der Waals surface area (Å²) in [5, 5.41) is 12.4. The highest BCUT2D eigenvalue weighted by molar-refractivity contribution is 6.60. The maximum absolute atomic E-state index is 5.69. The third kappa shape index (κ3) is 9.35. The first-order valence-corrected chi connectivity index (χ1v) is 10.2. The van der Waals surface area contributed by atoms with E-state index in [2.05, 4.69) is 15.5 Å². The fourth-order valence-electron chi connectivity index (χ4n) is 1.14. The molecule has 0 aliphatic heterocycles. The van der Waals surface area contributed by atoms with Crippen LogP contribution in [0, 0.1) is 0 Å². The molecule has 2 N–H and O–H groups in total. The molecule has 0 bridgehead atoms. The SMILES string of the molecule is CCC(C)=NO[Si](CCCN)(ON=C(C)CC)ON=C(C)CC. The van der Waals surface area contributed by atoms with Gasteiger partial charge in [-0.25, -0.2) is 0 Å². The van der Waals surface area contributed by atoms with Gasteiger partial charge in [0.15, 0.2) is 0 Å². The second kappa shape index (κ2) is 12.1. The molecule has 0 atom stereocenters. The summed E-state index contributed by atoms with van der Waals surface area (Å²) >= 11 is 0. The third-order valence-corrected chi connectivity index (χ3v) is 5.32. The fraction of sp³-hybridized carbons (Fsp3) is 0.800. The molecule has 0 rings (SSSR count). The zero-order valence-electron chi connectivity index (χ0n) is 15.4. The van der Waals surface area contributed by atoms with Gasteiger partial charge in [0.05, 0.1) is 23.2 Å². The van der Waals surface area contributed by atoms with E-state index in [-0.39, 0.29) is 0 Å². The summed E-state index contributed by atoms with van der Waals surface area (Å²) in [4.78, 5) is 0. The van der Waals surface area contributed by atoms with Crippen LogP contribution in [0.4, 0.5) is 0 Å². The summed E-state index contributed by atoms with van der Waals surface area (Å²) in [6.45, 7) is 12.2. The molecule has 0 radical (unpaired) electrons. The van der Waals surface area contributed by atoms with Crippen LogP contribution in [0.15, 0.2) is 15.5 Å². The molecular formula is C15H32N4O3Si. The van der Waals surface area contributed by atoms with Gasteiger partial charge in [-0.15, -0.1) is 15.5 Å². The van der Waals surface area contributed by atoms with Crippen LogP contribution in [-0.4, -0.2) is 32.5 Å². The monoisotopic (exact) mass is 344 g/mol. The van der Waals surface area contributed by atoms with E-state index in [0.29, 0.717) is 19.0 Å². The molecule has 0 heterocycles. The zero-order valence-corrected chi connectivity index (χ0v) is 16.4. The first-order valence-electron chi connectivity index (χ1n) is 8.27. The predicted molar refractivity (Wildman–Crippen MR) is 97.7 cm³/mol. The predicted octanol–water partition coefficient (Wildman–Crippen LogP) is 3.68. The largest absolute Gasteiger partial charge is 0.762 e. The molecule has 0 unspecified atom stereocenters. The van der Waals surface area contributed by atoms with Crippen LogP contribution in [0.5, 0.6) is 0 Å². The molecule has 0 spiro atoms. The smallest absolute Gasteiger partial charge is 0.373 e. The van der Waals surface area contributed by atoms with E-state index in [4.69, 9.17) is 19.3 Å². The summed E-state index contributed by atoms with van der Waals surface area (Å²) in [5.41, 5.74) is 8.20. The number of nitrogens with two attached hydrogens (primary N) is 1. The molecule has 0 aliphatic carbocycles. The first kappa shape index (κ1) is 21.6. The number of oxime groups is 3. The van der Waals surface area contributed by atoms with Gasteiger partial charge in [0.1, 0.15) is 0 Å². The molecule has 0 aromatic carbocycles. The Balaban J connectivity index is 5.40. The van der Waals surface area contributed by atoms with Crippen LogP contribution >= 0.6 is 0 Å². The second-order valence-corrected chi connectivity index (χ2v) is 7.80. The maximum Gasteiger partial charge on any atom is 0.762 e. The van der Waals surface area contributed by atoms with E-state index in [1.54, 1.807) is 0 Å². The highest BCUT2D eigenvalue weighted by atomic mass is 28.4. The molecule has 134 valence electrons. The van der Waals surface area contributed by atoms with Crippen LogP contribution in [0.3, 0.4) is 0 Å². The Kier molecular flexibility index (Phi) is 11.3. The highest BCUT2D eigenvalue weighted by Gasteiger charge is 2.51. The molecule has 8 heteroatoms. The van der Waals surface area contributed by atoms with Gasteiger partial charge in [0, 0.05) is 0 Å². The lowest BCUT2D eigenvalue weighted by Crippen LogP contribution is -2.42. The second-order valence-electron chi connectivity index (χ2n) is 5.39. The summed E-state index contributed by atoms with van der Waals surface area (Å²) < 4.78 is 17.1. The van der Waals surface area contributed by atoms with Crippen LogP contribution in [0.25, 0.3) is 0 Å². The van der Waals surface area contributed by atoms with Crippen LogP contribution in [0.1, 0.15) is 67.2 Å². The van der Waals surface area contributed by atoms with Crippen molar-refractivity contribution in [3.05, 3.63) is 0 Å². The van der Waals surface area contributed by atoms with Crippen LogP contribution in [-0.2, 0) is 13.6 Å². The van der Waals surface area contributed by atoms with Crippen LogP contribution in [0.2, 0.25) is 6.04 Å². The quantitative estimate of drug-likeness (QED) is 0.332. The Morgan fingerprint density at radius 2 is 1.13 bits per heavy atom. The average Bonchev–Trinajstić information content (AvgIpc) is 2.59. The van der Waals surface area contributed by atoms with Crippen molar-refractivity contribution in [3.63, 3.8) is 0 Å². The normalized spacial score (nSPS) is 16.0. The van der Waals surface area contributed by atoms with Crippen molar-refractivity contribution in [2.45, 2.75) is 73.3 Å². The minimum Gasteiger partial charge on any atom is -0.373 e. The lowest BCUT2D eigenvalue weighted by atomic mass is 10.3. The van der Waals surface area contributed by atoms with E-state index in [1.165, 1.54) is 0 Å². The molecule has 0 fully saturated rings. The number of hydrogen-bond acceptors (Lipinski definition) is 7. The van der Waals surface area contributed by atoms with Gasteiger partial charge in [-0.1, -0.05) is 20.8 Å². The average molecular weight is 345 g/mol. The van der Waals surface area contributed by atoms with Gasteiger partial charge in [-0.3, -0.25) is 0 Å². The van der Waals surface area contributed by atoms with E-state index < -0.39 is 8.80 Å². The summed E-state index contributed by atoms with van der Waals surface area (Å²) in [7, 11) is -3.20. The minimum atomic E-state index is -3.20. The lowest BCUT2D eigenvalue weighted by molar-refractivity contribution is 0.0650. The Labute approximate surface area is 141 Å². The van der Waals surface area contributed by atoms with Gasteiger partial charge < -0.3 is 19.3 Å². The van der Waals surface area contributed by atoms with Crippen molar-refractivity contribution in [1.29, 1.82) is 0 Å². The molecule has 0 aliphatic rings. The van der Waals surface area contributed by atoms with Crippen molar-refractivity contribution in [1.82, 2.24) is 0 Å². The number of hydrogen-bond donors (Lipinski definition) is 1. The first-order chi connectivity index (χ1) is 10.9. The Bertz CT molecular complexity index is 370. The van der Waals surface area contributed by atoms with E-state index in [1.807, 2.05) is 41.5 Å². The molecule has 0 amide bonds. The topological polar surface area (TPSA) is 90.8 Å². The Hall–Kier alpha value is -1.41. The molecule has 0 aromatic rings.